The lowest BCUT2D eigenvalue weighted by Gasteiger charge is -2.11. The first-order chi connectivity index (χ1) is 10.1. The Hall–Kier alpha value is -2.27. The number of rotatable bonds is 5. The summed E-state index contributed by atoms with van der Waals surface area (Å²) in [7, 11) is 0. The van der Waals surface area contributed by atoms with Gasteiger partial charge in [0.15, 0.2) is 18.2 Å². The van der Waals surface area contributed by atoms with E-state index in [2.05, 4.69) is 5.32 Å². The number of quaternary nitrogens is 1. The number of halogens is 2. The first kappa shape index (κ1) is 15.1. The summed E-state index contributed by atoms with van der Waals surface area (Å²) >= 11 is 0. The fourth-order valence-corrected chi connectivity index (χ4v) is 1.95. The van der Waals surface area contributed by atoms with E-state index >= 15 is 0 Å². The highest BCUT2D eigenvalue weighted by atomic mass is 19.2. The van der Waals surface area contributed by atoms with Crippen molar-refractivity contribution in [1.82, 2.24) is 0 Å². The van der Waals surface area contributed by atoms with Gasteiger partial charge < -0.3 is 10.6 Å². The number of anilines is 1. The van der Waals surface area contributed by atoms with Crippen LogP contribution in [-0.2, 0) is 4.79 Å². The molecule has 0 spiro atoms. The van der Waals surface area contributed by atoms with Gasteiger partial charge in [-0.15, -0.1) is 0 Å². The standard InChI is InChI=1S/C16H16F2N2O/c1-11(12-7-8-14(17)15(18)9-12)19-10-16(21)20-13-5-3-2-4-6-13/h2-9,11,19H,10H2,1H3,(H,20,21)/p+1/t11-/m1/s1. The zero-order chi connectivity index (χ0) is 15.2. The molecule has 2 aromatic rings. The van der Waals surface area contributed by atoms with Crippen LogP contribution < -0.4 is 10.6 Å². The molecule has 0 aromatic heterocycles. The van der Waals surface area contributed by atoms with E-state index in [0.29, 0.717) is 5.56 Å². The minimum absolute atomic E-state index is 0.137. The average molecular weight is 291 g/mol. The molecule has 0 bridgehead atoms. The molecular weight excluding hydrogens is 274 g/mol. The number of nitrogens with one attached hydrogen (secondary N) is 1. The van der Waals surface area contributed by atoms with Crippen molar-refractivity contribution in [2.24, 2.45) is 0 Å². The van der Waals surface area contributed by atoms with Crippen molar-refractivity contribution in [2.75, 3.05) is 11.9 Å². The van der Waals surface area contributed by atoms with Crippen molar-refractivity contribution in [2.45, 2.75) is 13.0 Å². The Labute approximate surface area is 122 Å². The third-order valence-electron chi connectivity index (χ3n) is 3.18. The maximum absolute atomic E-state index is 13.2. The molecule has 0 saturated carbocycles. The molecule has 0 aliphatic rings. The van der Waals surface area contributed by atoms with Gasteiger partial charge in [0.05, 0.1) is 0 Å². The molecule has 1 amide bonds. The summed E-state index contributed by atoms with van der Waals surface area (Å²) in [6, 6.07) is 12.8. The summed E-state index contributed by atoms with van der Waals surface area (Å²) in [5, 5.41) is 4.53. The van der Waals surface area contributed by atoms with Crippen LogP contribution in [0.15, 0.2) is 48.5 Å². The van der Waals surface area contributed by atoms with Crippen LogP contribution in [0.1, 0.15) is 18.5 Å². The van der Waals surface area contributed by atoms with Crippen LogP contribution in [0, 0.1) is 11.6 Å². The van der Waals surface area contributed by atoms with Gasteiger partial charge in [-0.2, -0.15) is 0 Å². The van der Waals surface area contributed by atoms with Gasteiger partial charge in [0.25, 0.3) is 5.91 Å². The molecule has 0 aliphatic heterocycles. The zero-order valence-electron chi connectivity index (χ0n) is 11.6. The predicted molar refractivity (Wildman–Crippen MR) is 76.6 cm³/mol. The second kappa shape index (κ2) is 6.95. The maximum atomic E-state index is 13.2. The quantitative estimate of drug-likeness (QED) is 0.872. The van der Waals surface area contributed by atoms with Gasteiger partial charge in [-0.3, -0.25) is 4.79 Å². The van der Waals surface area contributed by atoms with Crippen molar-refractivity contribution in [1.29, 1.82) is 0 Å². The van der Waals surface area contributed by atoms with Crippen LogP contribution in [0.5, 0.6) is 0 Å². The topological polar surface area (TPSA) is 45.7 Å². The Morgan fingerprint density at radius 3 is 2.52 bits per heavy atom. The lowest BCUT2D eigenvalue weighted by atomic mass is 10.1. The first-order valence-electron chi connectivity index (χ1n) is 6.69. The second-order valence-electron chi connectivity index (χ2n) is 4.82. The molecule has 1 atom stereocenters. The summed E-state index contributed by atoms with van der Waals surface area (Å²) in [6.07, 6.45) is 0. The van der Waals surface area contributed by atoms with Gasteiger partial charge in [-0.1, -0.05) is 18.2 Å². The fraction of sp³-hybridized carbons (Fsp3) is 0.188. The largest absolute Gasteiger partial charge is 0.333 e. The Bertz CT molecular complexity index is 617. The smallest absolute Gasteiger partial charge is 0.279 e. The van der Waals surface area contributed by atoms with E-state index in [9.17, 15) is 13.6 Å². The SMILES string of the molecule is C[C@@H]([NH2+]CC(=O)Nc1ccccc1)c1ccc(F)c(F)c1. The van der Waals surface area contributed by atoms with Crippen molar-refractivity contribution in [3.63, 3.8) is 0 Å². The molecule has 0 fully saturated rings. The highest BCUT2D eigenvalue weighted by Gasteiger charge is 2.13. The third-order valence-corrected chi connectivity index (χ3v) is 3.18. The highest BCUT2D eigenvalue weighted by molar-refractivity contribution is 5.91. The molecule has 2 rings (SSSR count). The first-order valence-corrected chi connectivity index (χ1v) is 6.69. The number of hydrogen-bond acceptors (Lipinski definition) is 1. The van der Waals surface area contributed by atoms with Gasteiger partial charge in [-0.25, -0.2) is 8.78 Å². The van der Waals surface area contributed by atoms with Crippen LogP contribution in [0.2, 0.25) is 0 Å². The molecule has 0 unspecified atom stereocenters. The van der Waals surface area contributed by atoms with Crippen molar-refractivity contribution in [3.8, 4) is 0 Å². The Kier molecular flexibility index (Phi) is 5.00. The minimum atomic E-state index is -0.874. The number of nitrogens with two attached hydrogens (primary N) is 1. The van der Waals surface area contributed by atoms with Crippen LogP contribution in [0.3, 0.4) is 0 Å². The molecule has 0 radical (unpaired) electrons. The summed E-state index contributed by atoms with van der Waals surface area (Å²) in [6.45, 7) is 2.04. The van der Waals surface area contributed by atoms with Crippen molar-refractivity contribution in [3.05, 3.63) is 65.7 Å². The average Bonchev–Trinajstić information content (AvgIpc) is 2.48. The second-order valence-corrected chi connectivity index (χ2v) is 4.82. The van der Waals surface area contributed by atoms with Crippen LogP contribution in [-0.4, -0.2) is 12.5 Å². The van der Waals surface area contributed by atoms with E-state index in [1.165, 1.54) is 6.07 Å². The van der Waals surface area contributed by atoms with Gasteiger partial charge >= 0.3 is 0 Å². The number of amides is 1. The lowest BCUT2D eigenvalue weighted by Crippen LogP contribution is -2.86. The third kappa shape index (κ3) is 4.36. The molecule has 0 heterocycles. The van der Waals surface area contributed by atoms with Crippen molar-refractivity contribution < 1.29 is 18.9 Å². The summed E-state index contributed by atoms with van der Waals surface area (Å²) in [5.41, 5.74) is 1.37. The summed E-state index contributed by atoms with van der Waals surface area (Å²) < 4.78 is 26.0. The minimum Gasteiger partial charge on any atom is -0.333 e. The predicted octanol–water partition coefficient (Wildman–Crippen LogP) is 2.23. The number of hydrogen-bond donors (Lipinski definition) is 2. The molecular formula is C16H17F2N2O+. The monoisotopic (exact) mass is 291 g/mol. The maximum Gasteiger partial charge on any atom is 0.279 e. The molecule has 2 aromatic carbocycles. The van der Waals surface area contributed by atoms with Gasteiger partial charge in [0.1, 0.15) is 6.04 Å². The van der Waals surface area contributed by atoms with E-state index in [1.807, 2.05) is 25.1 Å². The highest BCUT2D eigenvalue weighted by Crippen LogP contribution is 2.13. The molecule has 3 nitrogen and oxygen atoms in total. The van der Waals surface area contributed by atoms with Gasteiger partial charge in [0.2, 0.25) is 0 Å². The number of benzene rings is 2. The molecule has 5 heteroatoms. The van der Waals surface area contributed by atoms with E-state index < -0.39 is 11.6 Å². The van der Waals surface area contributed by atoms with E-state index in [-0.39, 0.29) is 18.5 Å². The zero-order valence-corrected chi connectivity index (χ0v) is 11.6. The number of carbonyl (C=O) groups is 1. The number of para-hydroxylation sites is 1. The van der Waals surface area contributed by atoms with Crippen LogP contribution in [0.25, 0.3) is 0 Å². The normalized spacial score (nSPS) is 12.0. The molecule has 3 N–H and O–H groups in total. The summed E-state index contributed by atoms with van der Waals surface area (Å²) in [5.74, 6) is -1.88. The van der Waals surface area contributed by atoms with Crippen LogP contribution in [0.4, 0.5) is 14.5 Å². The Morgan fingerprint density at radius 2 is 1.86 bits per heavy atom. The molecule has 110 valence electrons. The number of carbonyl (C=O) groups excluding carboxylic acids is 1. The van der Waals surface area contributed by atoms with Crippen LogP contribution >= 0.6 is 0 Å². The molecule has 0 saturated heterocycles. The van der Waals surface area contributed by atoms with E-state index in [0.717, 1.165) is 17.8 Å². The fourth-order valence-electron chi connectivity index (χ4n) is 1.95. The lowest BCUT2D eigenvalue weighted by molar-refractivity contribution is -0.682. The van der Waals surface area contributed by atoms with Crippen molar-refractivity contribution >= 4 is 11.6 Å². The summed E-state index contributed by atoms with van der Waals surface area (Å²) in [4.78, 5) is 11.8. The van der Waals surface area contributed by atoms with Gasteiger partial charge in [0, 0.05) is 11.3 Å². The Morgan fingerprint density at radius 1 is 1.14 bits per heavy atom. The van der Waals surface area contributed by atoms with Gasteiger partial charge in [-0.05, 0) is 37.3 Å². The molecule has 21 heavy (non-hydrogen) atoms. The Balaban J connectivity index is 1.87. The van der Waals surface area contributed by atoms with E-state index in [4.69, 9.17) is 0 Å². The molecule has 0 aliphatic carbocycles. The van der Waals surface area contributed by atoms with E-state index in [1.54, 1.807) is 17.4 Å².